The predicted molar refractivity (Wildman–Crippen MR) is 53.4 cm³/mol. The molecule has 14 heavy (non-hydrogen) atoms. The summed E-state index contributed by atoms with van der Waals surface area (Å²) in [6, 6.07) is 5.69. The van der Waals surface area contributed by atoms with Crippen molar-refractivity contribution in [1.82, 2.24) is 0 Å². The summed E-state index contributed by atoms with van der Waals surface area (Å²) in [5.41, 5.74) is 0.388. The van der Waals surface area contributed by atoms with Crippen molar-refractivity contribution in [3.8, 4) is 0 Å². The Bertz CT molecular complexity index is 458. The van der Waals surface area contributed by atoms with Gasteiger partial charge < -0.3 is 0 Å². The number of rotatable bonds is 3. The van der Waals surface area contributed by atoms with Crippen LogP contribution >= 0.6 is 11.6 Å². The summed E-state index contributed by atoms with van der Waals surface area (Å²) < 4.78 is 23.3. The van der Waals surface area contributed by atoms with Gasteiger partial charge in [0.2, 0.25) is 0 Å². The lowest BCUT2D eigenvalue weighted by Gasteiger charge is -2.03. The van der Waals surface area contributed by atoms with Crippen molar-refractivity contribution in [2.45, 2.75) is 0 Å². The van der Waals surface area contributed by atoms with E-state index in [1.165, 1.54) is 24.3 Å². The van der Waals surface area contributed by atoms with Crippen LogP contribution in [0, 0.1) is 0 Å². The molecule has 0 heterocycles. The van der Waals surface area contributed by atoms with E-state index in [-0.39, 0.29) is 11.3 Å². The number of nitrogens with one attached hydrogen (secondary N) is 1. The van der Waals surface area contributed by atoms with Crippen molar-refractivity contribution < 1.29 is 13.2 Å². The van der Waals surface area contributed by atoms with E-state index in [9.17, 15) is 13.2 Å². The van der Waals surface area contributed by atoms with Crippen LogP contribution < -0.4 is 9.86 Å². The summed E-state index contributed by atoms with van der Waals surface area (Å²) in [6.45, 7) is 0. The molecule has 7 heteroatoms. The number of carbonyl (C=O) groups is 1. The smallest absolute Gasteiger partial charge is 0.276 e. The van der Waals surface area contributed by atoms with Gasteiger partial charge in [-0.05, 0) is 29.8 Å². The normalized spacial score (nSPS) is 11.0. The number of hydrogen-bond donors (Lipinski definition) is 2. The topological polar surface area (TPSA) is 89.3 Å². The Kier molecular flexibility index (Phi) is 3.10. The molecule has 0 aliphatic rings. The highest BCUT2D eigenvalue weighted by Crippen LogP contribution is 2.12. The fraction of sp³-hybridized carbons (Fsp3) is 0. The van der Waals surface area contributed by atoms with Crippen LogP contribution in [-0.2, 0) is 10.2 Å². The molecule has 0 amide bonds. The maximum Gasteiger partial charge on any atom is 0.296 e. The third-order valence-corrected chi connectivity index (χ3v) is 2.09. The average molecular weight is 235 g/mol. The second-order valence-corrected chi connectivity index (χ2v) is 4.14. The number of benzene rings is 1. The summed E-state index contributed by atoms with van der Waals surface area (Å²) in [5, 5.41) is 4.07. The van der Waals surface area contributed by atoms with Crippen LogP contribution in [0.3, 0.4) is 0 Å². The van der Waals surface area contributed by atoms with Crippen LogP contribution in [0.15, 0.2) is 24.3 Å². The quantitative estimate of drug-likeness (QED) is 0.754. The van der Waals surface area contributed by atoms with E-state index < -0.39 is 15.5 Å². The number of hydrogen-bond acceptors (Lipinski definition) is 3. The van der Waals surface area contributed by atoms with Gasteiger partial charge in [-0.3, -0.25) is 9.52 Å². The van der Waals surface area contributed by atoms with Crippen molar-refractivity contribution in [3.05, 3.63) is 29.8 Å². The number of nitrogens with two attached hydrogens (primary N) is 1. The van der Waals surface area contributed by atoms with E-state index in [2.05, 4.69) is 0 Å². The molecule has 0 aromatic heterocycles. The standard InChI is InChI=1S/C7H7ClN2O3S/c8-7(11)5-2-1-3-6(4-5)10-14(9,12)13/h1-4,10H,(H2,9,12,13). The lowest BCUT2D eigenvalue weighted by Crippen LogP contribution is -2.21. The lowest BCUT2D eigenvalue weighted by atomic mass is 10.2. The first-order valence-corrected chi connectivity index (χ1v) is 5.41. The van der Waals surface area contributed by atoms with Gasteiger partial charge in [0.15, 0.2) is 0 Å². The van der Waals surface area contributed by atoms with E-state index in [0.29, 0.717) is 0 Å². The second kappa shape index (κ2) is 3.95. The molecule has 1 rings (SSSR count). The molecule has 0 spiro atoms. The van der Waals surface area contributed by atoms with Gasteiger partial charge >= 0.3 is 0 Å². The van der Waals surface area contributed by atoms with Crippen molar-refractivity contribution in [2.24, 2.45) is 5.14 Å². The molecule has 1 aromatic rings. The van der Waals surface area contributed by atoms with Crippen molar-refractivity contribution >= 4 is 32.7 Å². The van der Waals surface area contributed by atoms with Crippen LogP contribution in [0.25, 0.3) is 0 Å². The minimum absolute atomic E-state index is 0.194. The highest BCUT2D eigenvalue weighted by molar-refractivity contribution is 7.90. The molecule has 0 unspecified atom stereocenters. The van der Waals surface area contributed by atoms with Crippen LogP contribution in [0.4, 0.5) is 5.69 Å². The van der Waals surface area contributed by atoms with Crippen LogP contribution in [0.2, 0.25) is 0 Å². The molecule has 5 nitrogen and oxygen atoms in total. The highest BCUT2D eigenvalue weighted by Gasteiger charge is 2.05. The largest absolute Gasteiger partial charge is 0.296 e. The SMILES string of the molecule is NS(=O)(=O)Nc1cccc(C(=O)Cl)c1. The van der Waals surface area contributed by atoms with Gasteiger partial charge in [-0.25, -0.2) is 5.14 Å². The van der Waals surface area contributed by atoms with Gasteiger partial charge in [0, 0.05) is 5.56 Å². The Hall–Kier alpha value is -1.11. The third kappa shape index (κ3) is 3.33. The zero-order chi connectivity index (χ0) is 10.8. The summed E-state index contributed by atoms with van der Waals surface area (Å²) in [4.78, 5) is 10.7. The number of anilines is 1. The fourth-order valence-electron chi connectivity index (χ4n) is 0.869. The molecule has 0 saturated heterocycles. The van der Waals surface area contributed by atoms with E-state index in [1.807, 2.05) is 4.72 Å². The number of halogens is 1. The van der Waals surface area contributed by atoms with Gasteiger partial charge in [0.05, 0.1) is 5.69 Å². The second-order valence-electron chi connectivity index (χ2n) is 2.50. The molecule has 0 fully saturated rings. The molecule has 1 aromatic carbocycles. The van der Waals surface area contributed by atoms with Gasteiger partial charge in [0.25, 0.3) is 15.5 Å². The first kappa shape index (κ1) is 11.0. The van der Waals surface area contributed by atoms with E-state index in [4.69, 9.17) is 16.7 Å². The van der Waals surface area contributed by atoms with E-state index >= 15 is 0 Å². The highest BCUT2D eigenvalue weighted by atomic mass is 35.5. The van der Waals surface area contributed by atoms with Crippen molar-refractivity contribution in [2.75, 3.05) is 4.72 Å². The Labute approximate surface area is 86.0 Å². The Morgan fingerprint density at radius 2 is 2.07 bits per heavy atom. The average Bonchev–Trinajstić information content (AvgIpc) is 2.01. The molecule has 76 valence electrons. The summed E-state index contributed by atoms with van der Waals surface area (Å²) >= 11 is 5.20. The molecular weight excluding hydrogens is 228 g/mol. The van der Waals surface area contributed by atoms with Crippen molar-refractivity contribution in [3.63, 3.8) is 0 Å². The minimum Gasteiger partial charge on any atom is -0.276 e. The zero-order valence-electron chi connectivity index (χ0n) is 6.90. The predicted octanol–water partition coefficient (Wildman–Crippen LogP) is 0.681. The maximum absolute atomic E-state index is 10.7. The Morgan fingerprint density at radius 1 is 1.43 bits per heavy atom. The zero-order valence-corrected chi connectivity index (χ0v) is 8.47. The lowest BCUT2D eigenvalue weighted by molar-refractivity contribution is 0.108. The first-order chi connectivity index (χ1) is 6.38. The van der Waals surface area contributed by atoms with E-state index in [1.54, 1.807) is 0 Å². The molecule has 0 bridgehead atoms. The minimum atomic E-state index is -3.82. The number of carbonyl (C=O) groups excluding carboxylic acids is 1. The van der Waals surface area contributed by atoms with Crippen LogP contribution in [-0.4, -0.2) is 13.7 Å². The third-order valence-electron chi connectivity index (χ3n) is 1.35. The van der Waals surface area contributed by atoms with Crippen molar-refractivity contribution in [1.29, 1.82) is 0 Å². The Morgan fingerprint density at radius 3 is 2.57 bits per heavy atom. The molecule has 3 N–H and O–H groups in total. The molecule has 0 atom stereocenters. The molecule has 0 saturated carbocycles. The maximum atomic E-state index is 10.7. The summed E-state index contributed by atoms with van der Waals surface area (Å²) in [7, 11) is -3.82. The van der Waals surface area contributed by atoms with Gasteiger partial charge in [-0.2, -0.15) is 8.42 Å². The van der Waals surface area contributed by atoms with Gasteiger partial charge in [-0.15, -0.1) is 0 Å². The summed E-state index contributed by atoms with van der Waals surface area (Å²) in [6.07, 6.45) is 0. The molecular formula is C7H7ClN2O3S. The van der Waals surface area contributed by atoms with Gasteiger partial charge in [0.1, 0.15) is 0 Å². The van der Waals surface area contributed by atoms with E-state index in [0.717, 1.165) is 0 Å². The fourth-order valence-corrected chi connectivity index (χ4v) is 1.44. The van der Waals surface area contributed by atoms with Gasteiger partial charge in [-0.1, -0.05) is 6.07 Å². The van der Waals surface area contributed by atoms with Crippen LogP contribution in [0.1, 0.15) is 10.4 Å². The molecule has 0 aliphatic carbocycles. The Balaban J connectivity index is 3.01. The van der Waals surface area contributed by atoms with Crippen LogP contribution in [0.5, 0.6) is 0 Å². The summed E-state index contributed by atoms with van der Waals surface area (Å²) in [5.74, 6) is 0. The molecule has 0 radical (unpaired) electrons. The first-order valence-electron chi connectivity index (χ1n) is 3.49. The molecule has 0 aliphatic heterocycles. The monoisotopic (exact) mass is 234 g/mol.